The number of phenols is 2. The van der Waals surface area contributed by atoms with Crippen LogP contribution in [0.2, 0.25) is 0 Å². The van der Waals surface area contributed by atoms with Gasteiger partial charge in [0.25, 0.3) is 0 Å². The minimum Gasteiger partial charge on any atom is -0.507 e. The fraction of sp³-hybridized carbons (Fsp3) is 0.467. The average molecular weight is 523 g/mol. The second-order valence-corrected chi connectivity index (χ2v) is 12.0. The molecule has 1 saturated carbocycles. The SMILES string of the molecule is CC(C)(C)c1cc(C(=O)O)cc(C=N[C@@H]2CCCC[C@H]2N=Cc2cc(C(=O)O)cc(C(C)(C)C)c2O)c1O. The Labute approximate surface area is 223 Å². The molecule has 2 aromatic rings. The summed E-state index contributed by atoms with van der Waals surface area (Å²) in [6.45, 7) is 11.4. The number of hydrogen-bond donors (Lipinski definition) is 4. The van der Waals surface area contributed by atoms with Gasteiger partial charge in [-0.3, -0.25) is 9.98 Å². The molecular weight excluding hydrogens is 484 g/mol. The van der Waals surface area contributed by atoms with Gasteiger partial charge in [-0.25, -0.2) is 9.59 Å². The normalized spacial score (nSPS) is 18.8. The summed E-state index contributed by atoms with van der Waals surface area (Å²) < 4.78 is 0. The van der Waals surface area contributed by atoms with Gasteiger partial charge in [0.05, 0.1) is 23.2 Å². The quantitative estimate of drug-likeness (QED) is 0.346. The molecule has 8 nitrogen and oxygen atoms in total. The standard InChI is InChI=1S/C30H38N2O6/c1-29(2,3)21-13-17(27(35)36)11-19(25(21)33)15-31-23-9-7-8-10-24(23)32-16-20-12-18(28(37)38)14-22(26(20)34)30(4,5)6/h11-16,23-24,33-34H,7-10H2,1-6H3,(H,35,36)(H,37,38)/t23-,24-/m1/s1. The number of carboxylic acids is 2. The Kier molecular flexibility index (Phi) is 8.34. The maximum absolute atomic E-state index is 11.7. The fourth-order valence-corrected chi connectivity index (χ4v) is 4.69. The molecule has 2 atom stereocenters. The van der Waals surface area contributed by atoms with Crippen molar-refractivity contribution in [1.29, 1.82) is 0 Å². The van der Waals surface area contributed by atoms with Crippen molar-refractivity contribution in [2.75, 3.05) is 0 Å². The minimum absolute atomic E-state index is 0.00669. The Balaban J connectivity index is 1.97. The smallest absolute Gasteiger partial charge is 0.335 e. The Hall–Kier alpha value is -3.68. The molecule has 0 aromatic heterocycles. The van der Waals surface area contributed by atoms with Gasteiger partial charge in [0, 0.05) is 34.7 Å². The first kappa shape index (κ1) is 28.9. The van der Waals surface area contributed by atoms with Gasteiger partial charge in [-0.2, -0.15) is 0 Å². The van der Waals surface area contributed by atoms with E-state index in [0.717, 1.165) is 25.7 Å². The van der Waals surface area contributed by atoms with Crippen LogP contribution in [0.15, 0.2) is 34.3 Å². The lowest BCUT2D eigenvalue weighted by atomic mass is 9.84. The van der Waals surface area contributed by atoms with Crippen molar-refractivity contribution in [3.05, 3.63) is 57.6 Å². The molecule has 0 radical (unpaired) electrons. The Morgan fingerprint density at radius 3 is 1.34 bits per heavy atom. The molecule has 8 heteroatoms. The summed E-state index contributed by atoms with van der Waals surface area (Å²) in [5.74, 6) is -2.15. The predicted octanol–water partition coefficient (Wildman–Crippen LogP) is 5.94. The van der Waals surface area contributed by atoms with E-state index in [1.165, 1.54) is 36.7 Å². The maximum atomic E-state index is 11.7. The summed E-state index contributed by atoms with van der Waals surface area (Å²) in [5, 5.41) is 40.9. The molecule has 1 fully saturated rings. The lowest BCUT2D eigenvalue weighted by Crippen LogP contribution is -2.27. The second kappa shape index (κ2) is 11.0. The van der Waals surface area contributed by atoms with E-state index in [2.05, 4.69) is 0 Å². The fourth-order valence-electron chi connectivity index (χ4n) is 4.69. The lowest BCUT2D eigenvalue weighted by molar-refractivity contribution is 0.0685. The molecule has 0 bridgehead atoms. The Morgan fingerprint density at radius 1 is 0.711 bits per heavy atom. The van der Waals surface area contributed by atoms with E-state index in [1.807, 2.05) is 41.5 Å². The summed E-state index contributed by atoms with van der Waals surface area (Å²) in [6, 6.07) is 5.40. The maximum Gasteiger partial charge on any atom is 0.335 e. The number of carboxylic acid groups (broad SMARTS) is 2. The number of phenolic OH excluding ortho intramolecular Hbond substituents is 2. The third-order valence-electron chi connectivity index (χ3n) is 6.89. The molecule has 0 spiro atoms. The van der Waals surface area contributed by atoms with Crippen molar-refractivity contribution < 1.29 is 30.0 Å². The highest BCUT2D eigenvalue weighted by Crippen LogP contribution is 2.36. The molecule has 38 heavy (non-hydrogen) atoms. The van der Waals surface area contributed by atoms with Gasteiger partial charge in [0.1, 0.15) is 11.5 Å². The highest BCUT2D eigenvalue weighted by Gasteiger charge is 2.26. The molecule has 2 aromatic carbocycles. The molecule has 1 aliphatic carbocycles. The molecule has 0 amide bonds. The van der Waals surface area contributed by atoms with Gasteiger partial charge in [0.15, 0.2) is 0 Å². The number of benzene rings is 2. The van der Waals surface area contributed by atoms with Crippen LogP contribution in [-0.4, -0.2) is 56.9 Å². The summed E-state index contributed by atoms with van der Waals surface area (Å²) in [6.07, 6.45) is 6.48. The third-order valence-corrected chi connectivity index (χ3v) is 6.89. The van der Waals surface area contributed by atoms with Crippen molar-refractivity contribution in [3.63, 3.8) is 0 Å². The number of nitrogens with zero attached hydrogens (tertiary/aromatic N) is 2. The van der Waals surface area contributed by atoms with Crippen LogP contribution in [-0.2, 0) is 10.8 Å². The van der Waals surface area contributed by atoms with Crippen LogP contribution in [0.1, 0.15) is 110 Å². The van der Waals surface area contributed by atoms with Crippen LogP contribution in [0.3, 0.4) is 0 Å². The number of carbonyl (C=O) groups is 2. The topological polar surface area (TPSA) is 140 Å². The molecular formula is C30H38N2O6. The molecule has 0 unspecified atom stereocenters. The van der Waals surface area contributed by atoms with Gasteiger partial charge in [-0.05, 0) is 47.9 Å². The van der Waals surface area contributed by atoms with Crippen molar-refractivity contribution >= 4 is 24.4 Å². The first-order valence-electron chi connectivity index (χ1n) is 12.9. The zero-order chi connectivity index (χ0) is 28.4. The third kappa shape index (κ3) is 6.60. The zero-order valence-electron chi connectivity index (χ0n) is 22.9. The highest BCUT2D eigenvalue weighted by atomic mass is 16.4. The number of aromatic hydroxyl groups is 2. The number of rotatable bonds is 6. The van der Waals surface area contributed by atoms with Crippen LogP contribution in [0.5, 0.6) is 11.5 Å². The van der Waals surface area contributed by atoms with E-state index in [9.17, 15) is 30.0 Å². The van der Waals surface area contributed by atoms with Crippen LogP contribution in [0.4, 0.5) is 0 Å². The van der Waals surface area contributed by atoms with E-state index < -0.39 is 22.8 Å². The largest absolute Gasteiger partial charge is 0.507 e. The molecule has 4 N–H and O–H groups in total. The van der Waals surface area contributed by atoms with Gasteiger partial charge in [-0.15, -0.1) is 0 Å². The van der Waals surface area contributed by atoms with Gasteiger partial charge < -0.3 is 20.4 Å². The first-order chi connectivity index (χ1) is 17.6. The molecule has 0 aliphatic heterocycles. The number of hydrogen-bond acceptors (Lipinski definition) is 6. The zero-order valence-corrected chi connectivity index (χ0v) is 22.9. The van der Waals surface area contributed by atoms with E-state index in [4.69, 9.17) is 9.98 Å². The highest BCUT2D eigenvalue weighted by molar-refractivity contribution is 5.94. The molecule has 0 saturated heterocycles. The monoisotopic (exact) mass is 522 g/mol. The predicted molar refractivity (Wildman–Crippen MR) is 149 cm³/mol. The Bertz CT molecular complexity index is 1180. The van der Waals surface area contributed by atoms with Gasteiger partial charge in [0.2, 0.25) is 0 Å². The molecule has 0 heterocycles. The lowest BCUT2D eigenvalue weighted by Gasteiger charge is -2.26. The molecule has 1 aliphatic rings. The van der Waals surface area contributed by atoms with E-state index in [0.29, 0.717) is 22.3 Å². The van der Waals surface area contributed by atoms with Crippen LogP contribution >= 0.6 is 0 Å². The Morgan fingerprint density at radius 2 is 1.05 bits per heavy atom. The number of aromatic carboxylic acids is 2. The number of aliphatic imine (C=N–C) groups is 2. The van der Waals surface area contributed by atoms with E-state index in [-0.39, 0.29) is 34.7 Å². The van der Waals surface area contributed by atoms with Crippen LogP contribution in [0, 0.1) is 0 Å². The van der Waals surface area contributed by atoms with Crippen molar-refractivity contribution in [2.45, 2.75) is 90.1 Å². The minimum atomic E-state index is -1.08. The van der Waals surface area contributed by atoms with Crippen LogP contribution in [0.25, 0.3) is 0 Å². The van der Waals surface area contributed by atoms with E-state index in [1.54, 1.807) is 0 Å². The molecule has 3 rings (SSSR count). The van der Waals surface area contributed by atoms with Crippen molar-refractivity contribution in [3.8, 4) is 11.5 Å². The summed E-state index contributed by atoms with van der Waals surface area (Å²) in [5.41, 5.74) is 0.963. The van der Waals surface area contributed by atoms with Crippen LogP contribution < -0.4 is 0 Å². The summed E-state index contributed by atoms with van der Waals surface area (Å²) in [7, 11) is 0. The summed E-state index contributed by atoms with van der Waals surface area (Å²) >= 11 is 0. The second-order valence-electron chi connectivity index (χ2n) is 12.0. The molecule has 204 valence electrons. The average Bonchev–Trinajstić information content (AvgIpc) is 2.81. The summed E-state index contributed by atoms with van der Waals surface area (Å²) in [4.78, 5) is 32.8. The first-order valence-corrected chi connectivity index (χ1v) is 12.9. The van der Waals surface area contributed by atoms with Gasteiger partial charge >= 0.3 is 11.9 Å². The van der Waals surface area contributed by atoms with Crippen molar-refractivity contribution in [1.82, 2.24) is 0 Å². The van der Waals surface area contributed by atoms with Gasteiger partial charge in [-0.1, -0.05) is 54.4 Å². The van der Waals surface area contributed by atoms with E-state index >= 15 is 0 Å². The van der Waals surface area contributed by atoms with Crippen molar-refractivity contribution in [2.24, 2.45) is 9.98 Å².